The van der Waals surface area contributed by atoms with Gasteiger partial charge in [-0.25, -0.2) is 0 Å². The van der Waals surface area contributed by atoms with Crippen molar-refractivity contribution in [3.05, 3.63) is 60.0 Å². The number of aromatic nitrogens is 4. The van der Waals surface area contributed by atoms with E-state index in [2.05, 4.69) is 15.2 Å². The second kappa shape index (κ2) is 7.61. The summed E-state index contributed by atoms with van der Waals surface area (Å²) in [6.07, 6.45) is 3.46. The predicted molar refractivity (Wildman–Crippen MR) is 96.2 cm³/mol. The summed E-state index contributed by atoms with van der Waals surface area (Å²) < 4.78 is 12.6. The van der Waals surface area contributed by atoms with Crippen molar-refractivity contribution in [2.24, 2.45) is 7.05 Å². The van der Waals surface area contributed by atoms with Crippen molar-refractivity contribution in [1.82, 2.24) is 24.8 Å². The predicted octanol–water partition coefficient (Wildman–Crippen LogP) is 2.40. The highest BCUT2D eigenvalue weighted by Crippen LogP contribution is 2.26. The molecule has 3 heterocycles. The number of nitrogens with zero attached hydrogens (tertiary/aromatic N) is 5. The number of aryl methyl sites for hydroxylation is 1. The highest BCUT2D eigenvalue weighted by molar-refractivity contribution is 5.92. The average molecular weight is 367 g/mol. The van der Waals surface area contributed by atoms with Gasteiger partial charge in [-0.05, 0) is 31.0 Å². The molecular formula is C19H21N5O3. The third-order valence-corrected chi connectivity index (χ3v) is 4.70. The van der Waals surface area contributed by atoms with Gasteiger partial charge in [0.1, 0.15) is 11.4 Å². The fourth-order valence-electron chi connectivity index (χ4n) is 3.27. The molecule has 1 unspecified atom stereocenters. The molecule has 1 fully saturated rings. The van der Waals surface area contributed by atoms with Crippen LogP contribution in [0, 0.1) is 0 Å². The van der Waals surface area contributed by atoms with E-state index >= 15 is 0 Å². The monoisotopic (exact) mass is 367 g/mol. The zero-order chi connectivity index (χ0) is 18.6. The summed E-state index contributed by atoms with van der Waals surface area (Å²) in [7, 11) is 1.77. The van der Waals surface area contributed by atoms with Crippen LogP contribution in [0.4, 0.5) is 0 Å². The Hall–Kier alpha value is -3.16. The maximum Gasteiger partial charge on any atom is 0.272 e. The Bertz CT molecular complexity index is 905. The fraction of sp³-hybridized carbons (Fsp3) is 0.368. The first kappa shape index (κ1) is 17.3. The molecule has 0 bridgehead atoms. The minimum Gasteiger partial charge on any atom is -0.484 e. The van der Waals surface area contributed by atoms with Crippen LogP contribution in [0.1, 0.15) is 41.0 Å². The molecule has 2 aromatic heterocycles. The van der Waals surface area contributed by atoms with Crippen molar-refractivity contribution in [2.75, 3.05) is 13.1 Å². The number of carbonyl (C=O) groups is 1. The van der Waals surface area contributed by atoms with Crippen molar-refractivity contribution in [1.29, 1.82) is 0 Å². The Balaban J connectivity index is 1.39. The van der Waals surface area contributed by atoms with E-state index in [1.165, 1.54) is 0 Å². The van der Waals surface area contributed by atoms with Gasteiger partial charge in [-0.2, -0.15) is 10.1 Å². The molecule has 0 saturated carbocycles. The first-order chi connectivity index (χ1) is 13.2. The van der Waals surface area contributed by atoms with Crippen LogP contribution in [0.5, 0.6) is 5.75 Å². The molecule has 0 N–H and O–H groups in total. The SMILES string of the molecule is Cn1nccc1C(=O)N1CCCC(c2noc(COc3ccccc3)n2)C1. The number of hydrogen-bond donors (Lipinski definition) is 0. The molecule has 3 aromatic rings. The number of piperidine rings is 1. The summed E-state index contributed by atoms with van der Waals surface area (Å²) in [6.45, 7) is 1.52. The molecule has 0 aliphatic carbocycles. The van der Waals surface area contributed by atoms with Crippen LogP contribution in [-0.2, 0) is 13.7 Å². The minimum atomic E-state index is -0.0178. The average Bonchev–Trinajstić information content (AvgIpc) is 3.36. The van der Waals surface area contributed by atoms with E-state index in [4.69, 9.17) is 9.26 Å². The van der Waals surface area contributed by atoms with Gasteiger partial charge in [0.05, 0.1) is 0 Å². The number of benzene rings is 1. The zero-order valence-corrected chi connectivity index (χ0v) is 15.1. The van der Waals surface area contributed by atoms with Gasteiger partial charge in [0.15, 0.2) is 12.4 Å². The Morgan fingerprint density at radius 2 is 2.15 bits per heavy atom. The van der Waals surface area contributed by atoms with E-state index in [-0.39, 0.29) is 18.4 Å². The normalized spacial score (nSPS) is 17.1. The van der Waals surface area contributed by atoms with Gasteiger partial charge in [-0.15, -0.1) is 0 Å². The summed E-state index contributed by atoms with van der Waals surface area (Å²) in [4.78, 5) is 19.0. The molecule has 1 aromatic carbocycles. The molecule has 1 saturated heterocycles. The number of hydrogen-bond acceptors (Lipinski definition) is 6. The largest absolute Gasteiger partial charge is 0.484 e. The highest BCUT2D eigenvalue weighted by Gasteiger charge is 2.29. The summed E-state index contributed by atoms with van der Waals surface area (Å²) in [5.41, 5.74) is 0.584. The number of likely N-dealkylation sites (tertiary alicyclic amines) is 1. The van der Waals surface area contributed by atoms with Gasteiger partial charge in [-0.3, -0.25) is 9.48 Å². The quantitative estimate of drug-likeness (QED) is 0.688. The second-order valence-corrected chi connectivity index (χ2v) is 6.58. The zero-order valence-electron chi connectivity index (χ0n) is 15.1. The van der Waals surface area contributed by atoms with Crippen molar-refractivity contribution in [3.8, 4) is 5.75 Å². The third-order valence-electron chi connectivity index (χ3n) is 4.70. The van der Waals surface area contributed by atoms with Gasteiger partial charge >= 0.3 is 0 Å². The van der Waals surface area contributed by atoms with Crippen molar-refractivity contribution < 1.29 is 14.1 Å². The molecule has 140 valence electrons. The van der Waals surface area contributed by atoms with E-state index in [9.17, 15) is 4.79 Å². The standard InChI is InChI=1S/C19H21N5O3/c1-23-16(9-10-20-23)19(25)24-11-5-6-14(12-24)18-21-17(27-22-18)13-26-15-7-3-2-4-8-15/h2-4,7-10,14H,5-6,11-13H2,1H3. The highest BCUT2D eigenvalue weighted by atomic mass is 16.5. The molecule has 1 atom stereocenters. The Kier molecular flexibility index (Phi) is 4.86. The van der Waals surface area contributed by atoms with Gasteiger partial charge in [-0.1, -0.05) is 23.4 Å². The van der Waals surface area contributed by atoms with Gasteiger partial charge in [0, 0.05) is 32.3 Å². The van der Waals surface area contributed by atoms with Crippen LogP contribution in [0.2, 0.25) is 0 Å². The van der Waals surface area contributed by atoms with E-state index < -0.39 is 0 Å². The topological polar surface area (TPSA) is 86.3 Å². The van der Waals surface area contributed by atoms with Crippen LogP contribution in [0.15, 0.2) is 47.1 Å². The van der Waals surface area contributed by atoms with Gasteiger partial charge in [0.2, 0.25) is 0 Å². The Morgan fingerprint density at radius 1 is 1.30 bits per heavy atom. The van der Waals surface area contributed by atoms with Crippen molar-refractivity contribution in [3.63, 3.8) is 0 Å². The molecule has 1 aliphatic heterocycles. The minimum absolute atomic E-state index is 0.0178. The van der Waals surface area contributed by atoms with E-state index in [0.29, 0.717) is 24.0 Å². The first-order valence-corrected chi connectivity index (χ1v) is 8.98. The summed E-state index contributed by atoms with van der Waals surface area (Å²) in [5.74, 6) is 1.86. The maximum atomic E-state index is 12.7. The lowest BCUT2D eigenvalue weighted by atomic mass is 9.97. The third kappa shape index (κ3) is 3.84. The van der Waals surface area contributed by atoms with Crippen LogP contribution >= 0.6 is 0 Å². The number of rotatable bonds is 5. The lowest BCUT2D eigenvalue weighted by molar-refractivity contribution is 0.0692. The second-order valence-electron chi connectivity index (χ2n) is 6.58. The molecule has 4 rings (SSSR count). The van der Waals surface area contributed by atoms with Crippen LogP contribution < -0.4 is 4.74 Å². The molecular weight excluding hydrogens is 346 g/mol. The molecule has 1 aliphatic rings. The fourth-order valence-corrected chi connectivity index (χ4v) is 3.27. The Morgan fingerprint density at radius 3 is 2.93 bits per heavy atom. The van der Waals surface area contributed by atoms with Crippen molar-refractivity contribution >= 4 is 5.91 Å². The molecule has 1 amide bonds. The van der Waals surface area contributed by atoms with E-state index in [0.717, 1.165) is 25.1 Å². The van der Waals surface area contributed by atoms with Crippen LogP contribution in [-0.4, -0.2) is 43.8 Å². The number of ether oxygens (including phenoxy) is 1. The summed E-state index contributed by atoms with van der Waals surface area (Å²) in [6, 6.07) is 11.2. The molecule has 27 heavy (non-hydrogen) atoms. The van der Waals surface area contributed by atoms with E-state index in [1.807, 2.05) is 35.2 Å². The van der Waals surface area contributed by atoms with Crippen LogP contribution in [0.3, 0.4) is 0 Å². The van der Waals surface area contributed by atoms with Crippen LogP contribution in [0.25, 0.3) is 0 Å². The van der Waals surface area contributed by atoms with Crippen molar-refractivity contribution in [2.45, 2.75) is 25.4 Å². The number of para-hydroxylation sites is 1. The maximum absolute atomic E-state index is 12.7. The van der Waals surface area contributed by atoms with Gasteiger partial charge < -0.3 is 14.2 Å². The Labute approximate surface area is 156 Å². The summed E-state index contributed by atoms with van der Waals surface area (Å²) in [5, 5.41) is 8.18. The molecule has 0 radical (unpaired) electrons. The van der Waals surface area contributed by atoms with Gasteiger partial charge in [0.25, 0.3) is 11.8 Å². The summed E-state index contributed by atoms with van der Waals surface area (Å²) >= 11 is 0. The molecule has 0 spiro atoms. The molecule has 8 heteroatoms. The van der Waals surface area contributed by atoms with E-state index in [1.54, 1.807) is 24.0 Å². The number of carbonyl (C=O) groups excluding carboxylic acids is 1. The smallest absolute Gasteiger partial charge is 0.272 e. The number of amides is 1. The lowest BCUT2D eigenvalue weighted by Gasteiger charge is -2.31. The first-order valence-electron chi connectivity index (χ1n) is 8.98. The lowest BCUT2D eigenvalue weighted by Crippen LogP contribution is -2.40. The molecule has 8 nitrogen and oxygen atoms in total.